The molecule has 4 heteroatoms. The summed E-state index contributed by atoms with van der Waals surface area (Å²) in [7, 11) is 0. The van der Waals surface area contributed by atoms with E-state index in [0.717, 1.165) is 25.3 Å². The molecule has 3 N–H and O–H groups in total. The van der Waals surface area contributed by atoms with Crippen LogP contribution in [0.1, 0.15) is 25.8 Å². The van der Waals surface area contributed by atoms with E-state index in [0.29, 0.717) is 0 Å². The van der Waals surface area contributed by atoms with Gasteiger partial charge in [0.1, 0.15) is 0 Å². The maximum Gasteiger partial charge on any atom is 0.213 e. The monoisotopic (exact) mass is 232 g/mol. The first-order valence-electron chi connectivity index (χ1n) is 6.12. The Morgan fingerprint density at radius 3 is 2.88 bits per heavy atom. The molecule has 4 nitrogen and oxygen atoms in total. The number of nitrogens with one attached hydrogen (secondary N) is 1. The molecule has 0 aliphatic carbocycles. The van der Waals surface area contributed by atoms with E-state index < -0.39 is 0 Å². The number of nitrogens with zero attached hydrogens (tertiary/aromatic N) is 2. The number of aliphatic imine (C=N–C) groups is 1. The minimum absolute atomic E-state index is 0.232. The summed E-state index contributed by atoms with van der Waals surface area (Å²) < 4.78 is 0. The Labute approximate surface area is 102 Å². The third kappa shape index (κ3) is 2.58. The Morgan fingerprint density at radius 1 is 1.41 bits per heavy atom. The van der Waals surface area contributed by atoms with Crippen LogP contribution in [0, 0.1) is 0 Å². The lowest BCUT2D eigenvalue weighted by Crippen LogP contribution is -2.47. The molecule has 0 saturated carbocycles. The lowest BCUT2D eigenvalue weighted by Gasteiger charge is -2.31. The van der Waals surface area contributed by atoms with Gasteiger partial charge in [-0.2, -0.15) is 0 Å². The van der Waals surface area contributed by atoms with Crippen LogP contribution in [0.5, 0.6) is 0 Å². The first kappa shape index (κ1) is 11.9. The normalized spacial score (nSPS) is 16.0. The fourth-order valence-corrected chi connectivity index (χ4v) is 2.18. The second-order valence-corrected chi connectivity index (χ2v) is 4.57. The summed E-state index contributed by atoms with van der Waals surface area (Å²) in [5.74, 6) is 6.34. The molecular formula is C13H20N4. The van der Waals surface area contributed by atoms with Crippen LogP contribution in [0.3, 0.4) is 0 Å². The van der Waals surface area contributed by atoms with E-state index >= 15 is 0 Å². The molecule has 0 unspecified atom stereocenters. The fourth-order valence-electron chi connectivity index (χ4n) is 2.18. The van der Waals surface area contributed by atoms with Gasteiger partial charge in [-0.25, -0.2) is 10.8 Å². The van der Waals surface area contributed by atoms with Gasteiger partial charge in [0.05, 0.1) is 0 Å². The van der Waals surface area contributed by atoms with Gasteiger partial charge >= 0.3 is 0 Å². The van der Waals surface area contributed by atoms with Crippen LogP contribution >= 0.6 is 0 Å². The third-order valence-corrected chi connectivity index (χ3v) is 2.88. The van der Waals surface area contributed by atoms with E-state index in [2.05, 4.69) is 39.6 Å². The molecule has 1 aliphatic heterocycles. The predicted molar refractivity (Wildman–Crippen MR) is 72.0 cm³/mol. The molecule has 92 valence electrons. The van der Waals surface area contributed by atoms with E-state index in [9.17, 15) is 0 Å². The average Bonchev–Trinajstić information content (AvgIpc) is 2.35. The van der Waals surface area contributed by atoms with Crippen molar-refractivity contribution in [1.29, 1.82) is 0 Å². The first-order chi connectivity index (χ1) is 8.22. The standard InChI is InChI=1S/C13H20N4/c1-10(2)15-13(16-14)17-9-5-7-11-6-3-4-8-12(11)17/h3-4,6,8,10H,5,7,9,14H2,1-2H3,(H,15,16). The Balaban J connectivity index is 2.34. The number of hydrogen-bond acceptors (Lipinski definition) is 2. The lowest BCUT2D eigenvalue weighted by molar-refractivity contribution is 0.744. The van der Waals surface area contributed by atoms with Crippen molar-refractivity contribution in [2.24, 2.45) is 10.8 Å². The first-order valence-corrected chi connectivity index (χ1v) is 6.12. The zero-order valence-electron chi connectivity index (χ0n) is 10.5. The molecule has 0 fully saturated rings. The van der Waals surface area contributed by atoms with E-state index in [-0.39, 0.29) is 6.04 Å². The van der Waals surface area contributed by atoms with E-state index in [1.54, 1.807) is 0 Å². The van der Waals surface area contributed by atoms with Crippen LogP contribution in [0.2, 0.25) is 0 Å². The summed E-state index contributed by atoms with van der Waals surface area (Å²) in [6, 6.07) is 8.67. The minimum Gasteiger partial charge on any atom is -0.311 e. The zero-order chi connectivity index (χ0) is 12.3. The number of hydrogen-bond donors (Lipinski definition) is 2. The van der Waals surface area contributed by atoms with Gasteiger partial charge in [0.15, 0.2) is 0 Å². The van der Waals surface area contributed by atoms with Gasteiger partial charge in [0, 0.05) is 18.3 Å². The van der Waals surface area contributed by atoms with Gasteiger partial charge in [-0.1, -0.05) is 18.2 Å². The minimum atomic E-state index is 0.232. The molecular weight excluding hydrogens is 212 g/mol. The van der Waals surface area contributed by atoms with Gasteiger partial charge in [0.25, 0.3) is 0 Å². The van der Waals surface area contributed by atoms with E-state index in [1.165, 1.54) is 11.3 Å². The number of rotatable bonds is 1. The Kier molecular flexibility index (Phi) is 3.64. The molecule has 1 aliphatic rings. The Hall–Kier alpha value is -1.55. The molecule has 0 atom stereocenters. The topological polar surface area (TPSA) is 53.6 Å². The molecule has 0 saturated heterocycles. The van der Waals surface area contributed by atoms with Crippen LogP contribution < -0.4 is 16.2 Å². The van der Waals surface area contributed by atoms with Crippen LogP contribution in [-0.2, 0) is 6.42 Å². The molecule has 1 aromatic rings. The number of nitrogens with two attached hydrogens (primary N) is 1. The Morgan fingerprint density at radius 2 is 2.18 bits per heavy atom. The predicted octanol–water partition coefficient (Wildman–Crippen LogP) is 1.67. The van der Waals surface area contributed by atoms with Crippen LogP contribution in [0.25, 0.3) is 0 Å². The highest BCUT2D eigenvalue weighted by molar-refractivity contribution is 5.96. The van der Waals surface area contributed by atoms with Crippen molar-refractivity contribution >= 4 is 11.6 Å². The van der Waals surface area contributed by atoms with Gasteiger partial charge in [-0.15, -0.1) is 0 Å². The van der Waals surface area contributed by atoms with E-state index in [4.69, 9.17) is 5.84 Å². The van der Waals surface area contributed by atoms with Crippen molar-refractivity contribution in [3.05, 3.63) is 29.8 Å². The summed E-state index contributed by atoms with van der Waals surface area (Å²) in [6.45, 7) is 5.06. The molecule has 1 heterocycles. The SMILES string of the molecule is CC(C)N=C(NN)N1CCCc2ccccc21. The zero-order valence-corrected chi connectivity index (χ0v) is 10.5. The van der Waals surface area contributed by atoms with Crippen LogP contribution in [-0.4, -0.2) is 18.5 Å². The number of fused-ring (bicyclic) bond motifs is 1. The largest absolute Gasteiger partial charge is 0.311 e. The van der Waals surface area contributed by atoms with Gasteiger partial charge in [0.2, 0.25) is 5.96 Å². The summed E-state index contributed by atoms with van der Waals surface area (Å²) in [5.41, 5.74) is 5.30. The number of benzene rings is 1. The van der Waals surface area contributed by atoms with Crippen molar-refractivity contribution in [3.63, 3.8) is 0 Å². The highest BCUT2D eigenvalue weighted by atomic mass is 15.4. The van der Waals surface area contributed by atoms with E-state index in [1.807, 2.05) is 13.8 Å². The maximum absolute atomic E-state index is 5.59. The fraction of sp³-hybridized carbons (Fsp3) is 0.462. The summed E-state index contributed by atoms with van der Waals surface area (Å²) >= 11 is 0. The number of anilines is 1. The van der Waals surface area contributed by atoms with Gasteiger partial charge < -0.3 is 4.90 Å². The molecule has 0 aromatic heterocycles. The van der Waals surface area contributed by atoms with Crippen LogP contribution in [0.15, 0.2) is 29.3 Å². The number of guanidine groups is 1. The quantitative estimate of drug-likeness (QED) is 0.335. The number of para-hydroxylation sites is 1. The molecule has 1 aromatic carbocycles. The van der Waals surface area contributed by atoms with Gasteiger partial charge in [-0.3, -0.25) is 5.43 Å². The lowest BCUT2D eigenvalue weighted by atomic mass is 10.0. The van der Waals surface area contributed by atoms with Crippen molar-refractivity contribution in [1.82, 2.24) is 5.43 Å². The summed E-state index contributed by atoms with van der Waals surface area (Å²) in [6.07, 6.45) is 2.27. The van der Waals surface area contributed by atoms with Crippen LogP contribution in [0.4, 0.5) is 5.69 Å². The van der Waals surface area contributed by atoms with Crippen molar-refractivity contribution in [2.45, 2.75) is 32.7 Å². The average molecular weight is 232 g/mol. The molecule has 2 rings (SSSR count). The smallest absolute Gasteiger partial charge is 0.213 e. The molecule has 0 amide bonds. The number of aryl methyl sites for hydroxylation is 1. The highest BCUT2D eigenvalue weighted by Crippen LogP contribution is 2.26. The second-order valence-electron chi connectivity index (χ2n) is 4.57. The number of hydrazine groups is 1. The summed E-state index contributed by atoms with van der Waals surface area (Å²) in [4.78, 5) is 6.69. The van der Waals surface area contributed by atoms with Crippen molar-refractivity contribution < 1.29 is 0 Å². The third-order valence-electron chi connectivity index (χ3n) is 2.88. The van der Waals surface area contributed by atoms with Crippen molar-refractivity contribution in [3.8, 4) is 0 Å². The highest BCUT2D eigenvalue weighted by Gasteiger charge is 2.20. The maximum atomic E-state index is 5.59. The summed E-state index contributed by atoms with van der Waals surface area (Å²) in [5, 5.41) is 0. The Bertz CT molecular complexity index is 412. The molecule has 0 spiro atoms. The van der Waals surface area contributed by atoms with Gasteiger partial charge in [-0.05, 0) is 38.3 Å². The molecule has 0 radical (unpaired) electrons. The molecule has 17 heavy (non-hydrogen) atoms. The second kappa shape index (κ2) is 5.19. The molecule has 0 bridgehead atoms. The van der Waals surface area contributed by atoms with Crippen molar-refractivity contribution in [2.75, 3.05) is 11.4 Å².